The number of aromatic carboxylic acids is 1. The number of carboxylic acid groups (broad SMARTS) is 1. The summed E-state index contributed by atoms with van der Waals surface area (Å²) in [6, 6.07) is 1.61. The van der Waals surface area contributed by atoms with Crippen molar-refractivity contribution >= 4 is 22.8 Å². The van der Waals surface area contributed by atoms with Crippen LogP contribution in [0.5, 0.6) is 0 Å². The van der Waals surface area contributed by atoms with E-state index in [-0.39, 0.29) is 11.4 Å². The van der Waals surface area contributed by atoms with Gasteiger partial charge in [0, 0.05) is 11.6 Å². The van der Waals surface area contributed by atoms with E-state index in [0.29, 0.717) is 17.0 Å². The molecule has 0 bridgehead atoms. The second kappa shape index (κ2) is 2.94. The highest BCUT2D eigenvalue weighted by Crippen LogP contribution is 2.40. The Morgan fingerprint density at radius 3 is 2.94 bits per heavy atom. The van der Waals surface area contributed by atoms with Crippen LogP contribution in [0.4, 0.5) is 5.82 Å². The minimum atomic E-state index is -0.998. The number of hydrogen-bond donors (Lipinski definition) is 3. The maximum atomic E-state index is 11.1. The number of nitrogens with two attached hydrogens (primary N) is 1. The van der Waals surface area contributed by atoms with Crippen LogP contribution in [-0.2, 0) is 0 Å². The van der Waals surface area contributed by atoms with E-state index in [1.54, 1.807) is 6.07 Å². The zero-order chi connectivity index (χ0) is 11.3. The molecule has 6 nitrogen and oxygen atoms in total. The predicted molar refractivity (Wildman–Crippen MR) is 57.2 cm³/mol. The molecule has 1 aliphatic rings. The Morgan fingerprint density at radius 2 is 2.31 bits per heavy atom. The van der Waals surface area contributed by atoms with Crippen molar-refractivity contribution in [3.05, 3.63) is 17.3 Å². The fourth-order valence-electron chi connectivity index (χ4n) is 1.82. The number of rotatable bonds is 2. The van der Waals surface area contributed by atoms with Crippen LogP contribution in [0.1, 0.15) is 34.8 Å². The van der Waals surface area contributed by atoms with Gasteiger partial charge in [-0.15, -0.1) is 0 Å². The molecule has 0 radical (unpaired) electrons. The number of aromatic amines is 1. The Bertz CT molecular complexity index is 586. The molecule has 0 atom stereocenters. The SMILES string of the molecule is Nc1[nH]nc2nc(C3CC3)cc(C(=O)O)c12. The topological polar surface area (TPSA) is 105 Å². The number of pyridine rings is 1. The normalized spacial score (nSPS) is 15.5. The summed E-state index contributed by atoms with van der Waals surface area (Å²) in [5, 5.41) is 16.0. The van der Waals surface area contributed by atoms with Crippen molar-refractivity contribution in [1.29, 1.82) is 0 Å². The fraction of sp³-hybridized carbons (Fsp3) is 0.300. The fourth-order valence-corrected chi connectivity index (χ4v) is 1.82. The molecule has 1 saturated carbocycles. The Balaban J connectivity index is 2.32. The van der Waals surface area contributed by atoms with Crippen molar-refractivity contribution in [2.45, 2.75) is 18.8 Å². The van der Waals surface area contributed by atoms with Crippen molar-refractivity contribution < 1.29 is 9.90 Å². The highest BCUT2D eigenvalue weighted by atomic mass is 16.4. The highest BCUT2D eigenvalue weighted by Gasteiger charge is 2.28. The summed E-state index contributed by atoms with van der Waals surface area (Å²) < 4.78 is 0. The van der Waals surface area contributed by atoms with Gasteiger partial charge >= 0.3 is 5.97 Å². The molecule has 0 aromatic carbocycles. The van der Waals surface area contributed by atoms with Crippen LogP contribution in [0.2, 0.25) is 0 Å². The Hall–Kier alpha value is -2.11. The lowest BCUT2D eigenvalue weighted by molar-refractivity contribution is 0.0699. The first-order chi connectivity index (χ1) is 7.66. The number of nitrogen functional groups attached to an aromatic ring is 1. The Labute approximate surface area is 90.5 Å². The van der Waals surface area contributed by atoms with E-state index in [1.165, 1.54) is 0 Å². The molecule has 2 heterocycles. The average molecular weight is 218 g/mol. The largest absolute Gasteiger partial charge is 0.478 e. The molecule has 0 amide bonds. The molecular weight excluding hydrogens is 208 g/mol. The number of carbonyl (C=O) groups is 1. The number of fused-ring (bicyclic) bond motifs is 1. The van der Waals surface area contributed by atoms with Crippen molar-refractivity contribution in [3.63, 3.8) is 0 Å². The summed E-state index contributed by atoms with van der Waals surface area (Å²) in [4.78, 5) is 15.5. The highest BCUT2D eigenvalue weighted by molar-refractivity contribution is 6.05. The van der Waals surface area contributed by atoms with Crippen molar-refractivity contribution in [2.75, 3.05) is 5.73 Å². The molecule has 0 aliphatic heterocycles. The van der Waals surface area contributed by atoms with E-state index >= 15 is 0 Å². The van der Waals surface area contributed by atoms with Crippen LogP contribution in [0, 0.1) is 0 Å². The number of H-pyrrole nitrogens is 1. The lowest BCUT2D eigenvalue weighted by Crippen LogP contribution is -2.01. The molecule has 3 rings (SSSR count). The van der Waals surface area contributed by atoms with Crippen LogP contribution in [0.25, 0.3) is 11.0 Å². The average Bonchev–Trinajstić information content (AvgIpc) is 3.03. The first-order valence-corrected chi connectivity index (χ1v) is 5.04. The maximum Gasteiger partial charge on any atom is 0.336 e. The van der Waals surface area contributed by atoms with Gasteiger partial charge in [-0.1, -0.05) is 0 Å². The van der Waals surface area contributed by atoms with E-state index < -0.39 is 5.97 Å². The molecule has 6 heteroatoms. The van der Waals surface area contributed by atoms with Gasteiger partial charge in [0.2, 0.25) is 0 Å². The van der Waals surface area contributed by atoms with Gasteiger partial charge in [0.25, 0.3) is 0 Å². The second-order valence-electron chi connectivity index (χ2n) is 4.01. The number of carboxylic acids is 1. The molecular formula is C10H10N4O2. The zero-order valence-corrected chi connectivity index (χ0v) is 8.40. The third kappa shape index (κ3) is 1.23. The van der Waals surface area contributed by atoms with Crippen LogP contribution in [0.3, 0.4) is 0 Å². The van der Waals surface area contributed by atoms with Gasteiger partial charge in [0.1, 0.15) is 5.82 Å². The van der Waals surface area contributed by atoms with Gasteiger partial charge in [-0.2, -0.15) is 5.10 Å². The summed E-state index contributed by atoms with van der Waals surface area (Å²) in [5.74, 6) is -0.356. The van der Waals surface area contributed by atoms with Gasteiger partial charge < -0.3 is 10.8 Å². The van der Waals surface area contributed by atoms with E-state index in [4.69, 9.17) is 10.8 Å². The smallest absolute Gasteiger partial charge is 0.336 e. The first kappa shape index (κ1) is 9.14. The quantitative estimate of drug-likeness (QED) is 0.700. The third-order valence-electron chi connectivity index (χ3n) is 2.80. The summed E-state index contributed by atoms with van der Waals surface area (Å²) in [6.45, 7) is 0. The summed E-state index contributed by atoms with van der Waals surface area (Å²) in [7, 11) is 0. The minimum Gasteiger partial charge on any atom is -0.478 e. The lowest BCUT2D eigenvalue weighted by atomic mass is 10.1. The number of nitrogens with one attached hydrogen (secondary N) is 1. The number of nitrogens with zero attached hydrogens (tertiary/aromatic N) is 2. The molecule has 0 saturated heterocycles. The molecule has 0 unspecified atom stereocenters. The van der Waals surface area contributed by atoms with Gasteiger partial charge in [0.05, 0.1) is 10.9 Å². The van der Waals surface area contributed by atoms with Gasteiger partial charge in [-0.05, 0) is 18.9 Å². The molecule has 2 aromatic heterocycles. The molecule has 82 valence electrons. The van der Waals surface area contributed by atoms with Crippen LogP contribution in [0.15, 0.2) is 6.07 Å². The molecule has 1 fully saturated rings. The lowest BCUT2D eigenvalue weighted by Gasteiger charge is -2.01. The maximum absolute atomic E-state index is 11.1. The van der Waals surface area contributed by atoms with Gasteiger partial charge in [-0.25, -0.2) is 9.78 Å². The molecule has 0 spiro atoms. The zero-order valence-electron chi connectivity index (χ0n) is 8.40. The Kier molecular flexibility index (Phi) is 1.68. The first-order valence-electron chi connectivity index (χ1n) is 5.04. The molecule has 4 N–H and O–H groups in total. The van der Waals surface area contributed by atoms with Crippen molar-refractivity contribution in [2.24, 2.45) is 0 Å². The summed E-state index contributed by atoms with van der Waals surface area (Å²) >= 11 is 0. The van der Waals surface area contributed by atoms with Gasteiger partial charge in [0.15, 0.2) is 5.65 Å². The van der Waals surface area contributed by atoms with Gasteiger partial charge in [-0.3, -0.25) is 5.10 Å². The predicted octanol–water partition coefficient (Wildman–Crippen LogP) is 1.12. The Morgan fingerprint density at radius 1 is 1.56 bits per heavy atom. The summed E-state index contributed by atoms with van der Waals surface area (Å²) in [5.41, 5.74) is 7.00. The van der Waals surface area contributed by atoms with E-state index in [9.17, 15) is 4.79 Å². The van der Waals surface area contributed by atoms with Crippen LogP contribution < -0.4 is 5.73 Å². The van der Waals surface area contributed by atoms with Crippen LogP contribution >= 0.6 is 0 Å². The second-order valence-corrected chi connectivity index (χ2v) is 4.01. The van der Waals surface area contributed by atoms with Crippen molar-refractivity contribution in [3.8, 4) is 0 Å². The molecule has 2 aromatic rings. The monoisotopic (exact) mass is 218 g/mol. The van der Waals surface area contributed by atoms with E-state index in [0.717, 1.165) is 18.5 Å². The van der Waals surface area contributed by atoms with Crippen molar-refractivity contribution in [1.82, 2.24) is 15.2 Å². The summed E-state index contributed by atoms with van der Waals surface area (Å²) in [6.07, 6.45) is 2.13. The number of hydrogen-bond acceptors (Lipinski definition) is 4. The molecule has 16 heavy (non-hydrogen) atoms. The van der Waals surface area contributed by atoms with E-state index in [1.807, 2.05) is 0 Å². The number of anilines is 1. The number of aromatic nitrogens is 3. The standard InChI is InChI=1S/C10H10N4O2/c11-8-7-5(10(15)16)3-6(4-1-2-4)12-9(7)14-13-8/h3-4H,1-2H2,(H,15,16)(H3,11,12,13,14). The third-order valence-corrected chi connectivity index (χ3v) is 2.80. The molecule has 1 aliphatic carbocycles. The van der Waals surface area contributed by atoms with E-state index in [2.05, 4.69) is 15.2 Å². The van der Waals surface area contributed by atoms with Crippen LogP contribution in [-0.4, -0.2) is 26.3 Å². The minimum absolute atomic E-state index is 0.179.